The molecule has 1 aromatic carbocycles. The molecule has 2 aliphatic heterocycles. The van der Waals surface area contributed by atoms with E-state index in [2.05, 4.69) is 38.8 Å². The molecule has 116 valence electrons. The summed E-state index contributed by atoms with van der Waals surface area (Å²) < 4.78 is 5.88. The Balaban J connectivity index is 1.31. The van der Waals surface area contributed by atoms with Gasteiger partial charge in [-0.2, -0.15) is 0 Å². The van der Waals surface area contributed by atoms with Crippen LogP contribution in [0.4, 0.5) is 5.13 Å². The van der Waals surface area contributed by atoms with Crippen molar-refractivity contribution in [3.8, 4) is 5.75 Å². The lowest BCUT2D eigenvalue weighted by atomic mass is 9.99. The number of thiazole rings is 1. The molecule has 1 N–H and O–H groups in total. The predicted molar refractivity (Wildman–Crippen MR) is 89.9 cm³/mol. The fourth-order valence-corrected chi connectivity index (χ4v) is 4.07. The van der Waals surface area contributed by atoms with E-state index in [1.54, 1.807) is 11.3 Å². The largest absolute Gasteiger partial charge is 0.492 e. The molecule has 0 bridgehead atoms. The number of piperidine rings is 1. The second-order valence-corrected chi connectivity index (χ2v) is 6.94. The van der Waals surface area contributed by atoms with Gasteiger partial charge in [0, 0.05) is 36.8 Å². The number of para-hydroxylation sites is 1. The first kappa shape index (κ1) is 14.0. The van der Waals surface area contributed by atoms with Crippen molar-refractivity contribution in [2.45, 2.75) is 31.3 Å². The summed E-state index contributed by atoms with van der Waals surface area (Å²) in [5.74, 6) is 1.05. The monoisotopic (exact) mass is 315 g/mol. The highest BCUT2D eigenvalue weighted by Gasteiger charge is 2.25. The first-order valence-electron chi connectivity index (χ1n) is 8.00. The minimum atomic E-state index is 0.436. The van der Waals surface area contributed by atoms with Gasteiger partial charge in [0.1, 0.15) is 12.4 Å². The van der Waals surface area contributed by atoms with Gasteiger partial charge in [-0.1, -0.05) is 18.2 Å². The van der Waals surface area contributed by atoms with Crippen molar-refractivity contribution in [3.63, 3.8) is 0 Å². The topological polar surface area (TPSA) is 37.4 Å². The average molecular weight is 315 g/mol. The summed E-state index contributed by atoms with van der Waals surface area (Å²) in [5.41, 5.74) is 1.33. The molecule has 1 saturated heterocycles. The van der Waals surface area contributed by atoms with Crippen molar-refractivity contribution in [2.24, 2.45) is 0 Å². The van der Waals surface area contributed by atoms with E-state index in [1.807, 2.05) is 12.3 Å². The Morgan fingerprint density at radius 1 is 1.18 bits per heavy atom. The maximum atomic E-state index is 5.88. The third kappa shape index (κ3) is 2.96. The molecule has 1 aromatic heterocycles. The van der Waals surface area contributed by atoms with Crippen LogP contribution in [-0.4, -0.2) is 36.8 Å². The van der Waals surface area contributed by atoms with Crippen LogP contribution in [0.15, 0.2) is 35.8 Å². The van der Waals surface area contributed by atoms with E-state index >= 15 is 0 Å². The molecule has 0 aliphatic carbocycles. The molecular formula is C17H21N3OS. The van der Waals surface area contributed by atoms with Crippen LogP contribution in [0.5, 0.6) is 5.75 Å². The van der Waals surface area contributed by atoms with E-state index in [4.69, 9.17) is 4.74 Å². The Labute approximate surface area is 135 Å². The lowest BCUT2D eigenvalue weighted by molar-refractivity contribution is 0.219. The molecule has 3 heterocycles. The predicted octanol–water partition coefficient (Wildman–Crippen LogP) is 2.71. The summed E-state index contributed by atoms with van der Waals surface area (Å²) in [6, 6.07) is 9.41. The molecular weight excluding hydrogens is 294 g/mol. The number of rotatable bonds is 3. The number of nitrogens with one attached hydrogen (secondary N) is 1. The van der Waals surface area contributed by atoms with Gasteiger partial charge in [-0.05, 0) is 30.9 Å². The quantitative estimate of drug-likeness (QED) is 0.945. The van der Waals surface area contributed by atoms with Crippen LogP contribution < -0.4 is 15.0 Å². The van der Waals surface area contributed by atoms with Gasteiger partial charge in [0.15, 0.2) is 5.13 Å². The van der Waals surface area contributed by atoms with Crippen LogP contribution in [-0.2, 0) is 6.42 Å². The Bertz CT molecular complexity index is 608. The zero-order valence-electron chi connectivity index (χ0n) is 12.6. The third-order valence-electron chi connectivity index (χ3n) is 4.54. The maximum absolute atomic E-state index is 5.88. The van der Waals surface area contributed by atoms with Crippen molar-refractivity contribution in [1.29, 1.82) is 0 Å². The summed E-state index contributed by atoms with van der Waals surface area (Å²) in [7, 11) is 0. The van der Waals surface area contributed by atoms with Gasteiger partial charge in [-0.15, -0.1) is 11.3 Å². The number of anilines is 1. The third-order valence-corrected chi connectivity index (χ3v) is 5.37. The number of hydrogen-bond donors (Lipinski definition) is 1. The minimum absolute atomic E-state index is 0.436. The van der Waals surface area contributed by atoms with E-state index in [0.717, 1.165) is 37.0 Å². The van der Waals surface area contributed by atoms with Gasteiger partial charge in [-0.25, -0.2) is 4.98 Å². The van der Waals surface area contributed by atoms with Crippen molar-refractivity contribution in [2.75, 3.05) is 24.6 Å². The first-order valence-corrected chi connectivity index (χ1v) is 8.87. The van der Waals surface area contributed by atoms with Gasteiger partial charge in [-0.3, -0.25) is 0 Å². The van der Waals surface area contributed by atoms with Gasteiger partial charge in [0.05, 0.1) is 0 Å². The van der Waals surface area contributed by atoms with Crippen LogP contribution in [0.1, 0.15) is 18.4 Å². The Hall–Kier alpha value is -1.59. The number of fused-ring (bicyclic) bond motifs is 1. The second kappa shape index (κ2) is 6.26. The highest BCUT2D eigenvalue weighted by molar-refractivity contribution is 7.13. The molecule has 2 aliphatic rings. The Morgan fingerprint density at radius 2 is 2.05 bits per heavy atom. The van der Waals surface area contributed by atoms with Crippen LogP contribution in [0.2, 0.25) is 0 Å². The number of hydrogen-bond acceptors (Lipinski definition) is 5. The van der Waals surface area contributed by atoms with Gasteiger partial charge < -0.3 is 15.0 Å². The molecule has 4 rings (SSSR count). The van der Waals surface area contributed by atoms with Crippen molar-refractivity contribution in [3.05, 3.63) is 41.4 Å². The summed E-state index contributed by atoms with van der Waals surface area (Å²) in [6.07, 6.45) is 5.32. The van der Waals surface area contributed by atoms with Crippen LogP contribution in [0, 0.1) is 0 Å². The number of ether oxygens (including phenoxy) is 1. The fraction of sp³-hybridized carbons (Fsp3) is 0.471. The van der Waals surface area contributed by atoms with Crippen LogP contribution in [0.3, 0.4) is 0 Å². The molecule has 0 amide bonds. The van der Waals surface area contributed by atoms with Crippen molar-refractivity contribution < 1.29 is 4.74 Å². The van der Waals surface area contributed by atoms with E-state index in [9.17, 15) is 0 Å². The lowest BCUT2D eigenvalue weighted by Crippen LogP contribution is -2.49. The Morgan fingerprint density at radius 3 is 2.86 bits per heavy atom. The molecule has 1 unspecified atom stereocenters. The average Bonchev–Trinajstić information content (AvgIpc) is 3.10. The molecule has 1 atom stereocenters. The van der Waals surface area contributed by atoms with Gasteiger partial charge in [0.2, 0.25) is 0 Å². The van der Waals surface area contributed by atoms with Crippen LogP contribution >= 0.6 is 11.3 Å². The molecule has 2 aromatic rings. The maximum Gasteiger partial charge on any atom is 0.185 e. The molecule has 4 nitrogen and oxygen atoms in total. The molecule has 0 spiro atoms. The lowest BCUT2D eigenvalue weighted by Gasteiger charge is -2.35. The number of aromatic nitrogens is 1. The molecule has 0 radical (unpaired) electrons. The molecule has 22 heavy (non-hydrogen) atoms. The number of nitrogens with zero attached hydrogens (tertiary/aromatic N) is 2. The van der Waals surface area contributed by atoms with E-state index < -0.39 is 0 Å². The second-order valence-electron chi connectivity index (χ2n) is 6.06. The summed E-state index contributed by atoms with van der Waals surface area (Å²) in [5, 5.41) is 7.01. The smallest absolute Gasteiger partial charge is 0.185 e. The SMILES string of the molecule is c1ccc2c(c1)CC(NC1CCN(c3nccs3)CC1)CO2. The van der Waals surface area contributed by atoms with Gasteiger partial charge >= 0.3 is 0 Å². The summed E-state index contributed by atoms with van der Waals surface area (Å²) in [4.78, 5) is 6.81. The standard InChI is InChI=1S/C17H21N3OS/c1-2-4-16-13(3-1)11-15(12-21-16)19-14-5-8-20(9-6-14)17-18-7-10-22-17/h1-4,7,10,14-15,19H,5-6,8-9,11-12H2. The zero-order valence-corrected chi connectivity index (χ0v) is 13.4. The minimum Gasteiger partial charge on any atom is -0.492 e. The van der Waals surface area contributed by atoms with E-state index in [-0.39, 0.29) is 0 Å². The van der Waals surface area contributed by atoms with Crippen molar-refractivity contribution >= 4 is 16.5 Å². The first-order chi connectivity index (χ1) is 10.9. The van der Waals surface area contributed by atoms with Crippen LogP contribution in [0.25, 0.3) is 0 Å². The summed E-state index contributed by atoms with van der Waals surface area (Å²) in [6.45, 7) is 2.97. The molecule has 1 fully saturated rings. The van der Waals surface area contributed by atoms with Crippen molar-refractivity contribution in [1.82, 2.24) is 10.3 Å². The van der Waals surface area contributed by atoms with E-state index in [0.29, 0.717) is 12.1 Å². The molecule has 0 saturated carbocycles. The summed E-state index contributed by atoms with van der Waals surface area (Å²) >= 11 is 1.73. The van der Waals surface area contributed by atoms with E-state index in [1.165, 1.54) is 18.4 Å². The van der Waals surface area contributed by atoms with Gasteiger partial charge in [0.25, 0.3) is 0 Å². The number of benzene rings is 1. The molecule has 5 heteroatoms. The highest BCUT2D eigenvalue weighted by Crippen LogP contribution is 2.26. The fourth-order valence-electron chi connectivity index (χ4n) is 3.38. The highest BCUT2D eigenvalue weighted by atomic mass is 32.1. The Kier molecular flexibility index (Phi) is 3.99. The zero-order chi connectivity index (χ0) is 14.8. The normalized spacial score (nSPS) is 22.2.